The van der Waals surface area contributed by atoms with Gasteiger partial charge in [0.05, 0.1) is 23.4 Å². The van der Waals surface area contributed by atoms with Gasteiger partial charge in [0.15, 0.2) is 0 Å². The second-order valence-corrected chi connectivity index (χ2v) is 6.46. The Bertz CT molecular complexity index is 732. The molecule has 1 aliphatic rings. The molecule has 1 unspecified atom stereocenters. The molecule has 0 spiro atoms. The van der Waals surface area contributed by atoms with Crippen molar-refractivity contribution in [1.29, 1.82) is 0 Å². The minimum atomic E-state index is -0.998. The number of anilines is 1. The van der Waals surface area contributed by atoms with Crippen LogP contribution in [0.5, 0.6) is 0 Å². The fourth-order valence-corrected chi connectivity index (χ4v) is 3.12. The zero-order chi connectivity index (χ0) is 17.9. The third kappa shape index (κ3) is 3.96. The lowest BCUT2D eigenvalue weighted by Gasteiger charge is -2.39. The van der Waals surface area contributed by atoms with E-state index in [0.29, 0.717) is 36.7 Å². The van der Waals surface area contributed by atoms with Crippen molar-refractivity contribution in [2.45, 2.75) is 38.8 Å². The lowest BCUT2D eigenvalue weighted by Crippen LogP contribution is -2.54. The monoisotopic (exact) mass is 344 g/mol. The van der Waals surface area contributed by atoms with Crippen LogP contribution >= 0.6 is 0 Å². The molecule has 1 atom stereocenters. The van der Waals surface area contributed by atoms with Gasteiger partial charge in [-0.05, 0) is 32.8 Å². The molecule has 2 N–H and O–H groups in total. The highest BCUT2D eigenvalue weighted by molar-refractivity contribution is 5.95. The van der Waals surface area contributed by atoms with Gasteiger partial charge in [-0.15, -0.1) is 0 Å². The lowest BCUT2D eigenvalue weighted by molar-refractivity contribution is 0.0252. The first-order valence-corrected chi connectivity index (χ1v) is 8.57. The molecule has 0 saturated carbocycles. The van der Waals surface area contributed by atoms with Crippen LogP contribution in [0, 0.1) is 6.92 Å². The first-order chi connectivity index (χ1) is 12.0. The predicted molar refractivity (Wildman–Crippen MR) is 93.4 cm³/mol. The summed E-state index contributed by atoms with van der Waals surface area (Å²) in [5.74, 6) is 0.394. The summed E-state index contributed by atoms with van der Waals surface area (Å²) in [6, 6.07) is 1.76. The molecular formula is C17H24N6O2. The topological polar surface area (TPSA) is 96.2 Å². The molecule has 0 bridgehead atoms. The van der Waals surface area contributed by atoms with Crippen molar-refractivity contribution in [3.8, 4) is 0 Å². The van der Waals surface area contributed by atoms with Crippen LogP contribution < -0.4 is 10.2 Å². The second kappa shape index (κ2) is 7.18. The average Bonchev–Trinajstić information content (AvgIpc) is 3.02. The zero-order valence-electron chi connectivity index (χ0n) is 14.6. The molecule has 1 saturated heterocycles. The minimum absolute atomic E-state index is 0.186. The number of β-amino-alcohol motifs (C(OH)–C–C–N with tert-alkyl or cyclic N) is 1. The normalized spacial score (nSPS) is 20.5. The molecule has 1 aliphatic heterocycles. The highest BCUT2D eigenvalue weighted by Gasteiger charge is 2.34. The van der Waals surface area contributed by atoms with Gasteiger partial charge in [0, 0.05) is 38.2 Å². The van der Waals surface area contributed by atoms with Gasteiger partial charge in [-0.3, -0.25) is 9.48 Å². The van der Waals surface area contributed by atoms with Crippen LogP contribution in [0.15, 0.2) is 24.7 Å². The Labute approximate surface area is 146 Å². The molecule has 3 rings (SSSR count). The summed E-state index contributed by atoms with van der Waals surface area (Å²) in [6.45, 7) is 5.87. The summed E-state index contributed by atoms with van der Waals surface area (Å²) >= 11 is 0. The van der Waals surface area contributed by atoms with E-state index in [1.54, 1.807) is 29.3 Å². The summed E-state index contributed by atoms with van der Waals surface area (Å²) in [6.07, 6.45) is 6.55. The highest BCUT2D eigenvalue weighted by atomic mass is 16.3. The molecule has 1 amide bonds. The molecule has 134 valence electrons. The zero-order valence-corrected chi connectivity index (χ0v) is 14.6. The fraction of sp³-hybridized carbons (Fsp3) is 0.529. The molecule has 25 heavy (non-hydrogen) atoms. The largest absolute Gasteiger partial charge is 0.386 e. The molecule has 0 aliphatic carbocycles. The molecule has 1 fully saturated rings. The lowest BCUT2D eigenvalue weighted by atomic mass is 9.93. The number of hydrogen-bond acceptors (Lipinski definition) is 6. The number of amides is 1. The number of nitrogens with zero attached hydrogens (tertiary/aromatic N) is 5. The summed E-state index contributed by atoms with van der Waals surface area (Å²) in [5, 5.41) is 18.0. The number of aliphatic hydroxyl groups is 1. The molecule has 2 aromatic rings. The molecule has 8 heteroatoms. The molecular weight excluding hydrogens is 320 g/mol. The maximum Gasteiger partial charge on any atom is 0.254 e. The van der Waals surface area contributed by atoms with Crippen LogP contribution in [0.3, 0.4) is 0 Å². The van der Waals surface area contributed by atoms with Crippen LogP contribution in [-0.2, 0) is 6.54 Å². The number of hydrogen-bond donors (Lipinski definition) is 2. The van der Waals surface area contributed by atoms with Gasteiger partial charge in [0.2, 0.25) is 5.95 Å². The van der Waals surface area contributed by atoms with E-state index in [-0.39, 0.29) is 12.5 Å². The Morgan fingerprint density at radius 1 is 1.40 bits per heavy atom. The van der Waals surface area contributed by atoms with Crippen LogP contribution in [0.2, 0.25) is 0 Å². The number of carbonyl (C=O) groups is 1. The van der Waals surface area contributed by atoms with E-state index < -0.39 is 5.60 Å². The summed E-state index contributed by atoms with van der Waals surface area (Å²) in [7, 11) is 0. The van der Waals surface area contributed by atoms with Gasteiger partial charge in [-0.2, -0.15) is 5.10 Å². The maximum absolute atomic E-state index is 12.4. The van der Waals surface area contributed by atoms with Gasteiger partial charge < -0.3 is 15.3 Å². The van der Waals surface area contributed by atoms with Crippen molar-refractivity contribution in [2.24, 2.45) is 0 Å². The molecule has 0 aromatic carbocycles. The highest BCUT2D eigenvalue weighted by Crippen LogP contribution is 2.23. The van der Waals surface area contributed by atoms with E-state index >= 15 is 0 Å². The van der Waals surface area contributed by atoms with Crippen LogP contribution in [0.4, 0.5) is 5.95 Å². The van der Waals surface area contributed by atoms with Crippen LogP contribution in [0.1, 0.15) is 35.8 Å². The van der Waals surface area contributed by atoms with E-state index in [1.807, 2.05) is 18.7 Å². The first-order valence-electron chi connectivity index (χ1n) is 8.57. The van der Waals surface area contributed by atoms with Crippen molar-refractivity contribution < 1.29 is 9.90 Å². The smallest absolute Gasteiger partial charge is 0.254 e. The van der Waals surface area contributed by atoms with Crippen molar-refractivity contribution in [2.75, 3.05) is 24.5 Å². The summed E-state index contributed by atoms with van der Waals surface area (Å²) in [5.41, 5.74) is 0.237. The van der Waals surface area contributed by atoms with E-state index in [4.69, 9.17) is 0 Å². The Morgan fingerprint density at radius 2 is 2.16 bits per heavy atom. The third-order valence-electron chi connectivity index (χ3n) is 4.48. The fourth-order valence-electron chi connectivity index (χ4n) is 3.12. The SMILES string of the molecule is CCn1cc(C(=O)NCC2(O)CCCN(c3ncccn3)C2)c(C)n1. The van der Waals surface area contributed by atoms with Crippen molar-refractivity contribution >= 4 is 11.9 Å². The molecule has 8 nitrogen and oxygen atoms in total. The second-order valence-electron chi connectivity index (χ2n) is 6.46. The van der Waals surface area contributed by atoms with Crippen molar-refractivity contribution in [3.05, 3.63) is 35.9 Å². The number of aryl methyl sites for hydroxylation is 2. The standard InChI is InChI=1S/C17H24N6O2/c1-3-23-10-14(13(2)21-23)15(24)20-11-17(25)6-4-9-22(12-17)16-18-7-5-8-19-16/h5,7-8,10,25H,3-4,6,9,11-12H2,1-2H3,(H,20,24). The third-order valence-corrected chi connectivity index (χ3v) is 4.48. The van der Waals surface area contributed by atoms with Crippen LogP contribution in [0.25, 0.3) is 0 Å². The van der Waals surface area contributed by atoms with Gasteiger partial charge in [-0.1, -0.05) is 0 Å². The van der Waals surface area contributed by atoms with Gasteiger partial charge in [0.1, 0.15) is 0 Å². The van der Waals surface area contributed by atoms with Gasteiger partial charge in [-0.25, -0.2) is 9.97 Å². The van der Waals surface area contributed by atoms with E-state index in [1.165, 1.54) is 0 Å². The van der Waals surface area contributed by atoms with Crippen molar-refractivity contribution in [3.63, 3.8) is 0 Å². The quantitative estimate of drug-likeness (QED) is 0.831. The first kappa shape index (κ1) is 17.3. The molecule has 3 heterocycles. The van der Waals surface area contributed by atoms with Crippen LogP contribution in [-0.4, -0.2) is 56.0 Å². The Kier molecular flexibility index (Phi) is 4.98. The molecule has 0 radical (unpaired) electrons. The van der Waals surface area contributed by atoms with E-state index in [9.17, 15) is 9.90 Å². The van der Waals surface area contributed by atoms with E-state index in [2.05, 4.69) is 20.4 Å². The number of carbonyl (C=O) groups excluding carboxylic acids is 1. The van der Waals surface area contributed by atoms with Gasteiger partial charge in [0.25, 0.3) is 5.91 Å². The number of nitrogens with one attached hydrogen (secondary N) is 1. The summed E-state index contributed by atoms with van der Waals surface area (Å²) < 4.78 is 1.73. The van der Waals surface area contributed by atoms with Gasteiger partial charge >= 0.3 is 0 Å². The Hall–Kier alpha value is -2.48. The average molecular weight is 344 g/mol. The van der Waals surface area contributed by atoms with E-state index in [0.717, 1.165) is 13.0 Å². The summed E-state index contributed by atoms with van der Waals surface area (Å²) in [4.78, 5) is 22.9. The maximum atomic E-state index is 12.4. The molecule has 2 aromatic heterocycles. The number of piperidine rings is 1. The Balaban J connectivity index is 1.63. The predicted octanol–water partition coefficient (Wildman–Crippen LogP) is 0.763. The van der Waals surface area contributed by atoms with Crippen molar-refractivity contribution in [1.82, 2.24) is 25.1 Å². The minimum Gasteiger partial charge on any atom is -0.386 e. The Morgan fingerprint density at radius 3 is 2.84 bits per heavy atom. The number of rotatable bonds is 5. The number of aromatic nitrogens is 4.